The van der Waals surface area contributed by atoms with Crippen LogP contribution in [0.25, 0.3) is 11.0 Å². The number of hydrogen-bond acceptors (Lipinski definition) is 6. The van der Waals surface area contributed by atoms with Crippen LogP contribution in [0, 0.1) is 0 Å². The molecule has 0 radical (unpaired) electrons. The van der Waals surface area contributed by atoms with Crippen molar-refractivity contribution in [2.75, 3.05) is 21.3 Å². The molecule has 1 aromatic heterocycles. The van der Waals surface area contributed by atoms with Crippen LogP contribution >= 0.6 is 0 Å². The molecule has 0 unspecified atom stereocenters. The first-order valence-corrected chi connectivity index (χ1v) is 7.62. The molecule has 3 aromatic rings. The Kier molecular flexibility index (Phi) is 4.79. The van der Waals surface area contributed by atoms with Crippen molar-refractivity contribution in [1.29, 1.82) is 0 Å². The molecule has 0 amide bonds. The van der Waals surface area contributed by atoms with Gasteiger partial charge in [0, 0.05) is 17.0 Å². The standard InChI is InChI=1S/C19H18O6/c1-21-13-7-8-14-12(11-24-17(14)10-13)9-18(20)25-19-15(22-2)5-4-6-16(19)23-3/h4-8,10-11H,9H2,1-3H3. The normalized spacial score (nSPS) is 10.5. The van der Waals surface area contributed by atoms with Gasteiger partial charge in [0.2, 0.25) is 5.75 Å². The molecule has 130 valence electrons. The first kappa shape index (κ1) is 16.7. The number of ether oxygens (including phenoxy) is 4. The van der Waals surface area contributed by atoms with E-state index in [4.69, 9.17) is 23.4 Å². The van der Waals surface area contributed by atoms with E-state index in [2.05, 4.69) is 0 Å². The highest BCUT2D eigenvalue weighted by molar-refractivity contribution is 5.87. The maximum atomic E-state index is 12.4. The molecular formula is C19H18O6. The molecule has 0 N–H and O–H groups in total. The SMILES string of the molecule is COc1ccc2c(CC(=O)Oc3c(OC)cccc3OC)coc2c1. The molecule has 6 nitrogen and oxygen atoms in total. The summed E-state index contributed by atoms with van der Waals surface area (Å²) in [5, 5.41) is 0.838. The third-order valence-electron chi connectivity index (χ3n) is 3.80. The van der Waals surface area contributed by atoms with Crippen LogP contribution < -0.4 is 18.9 Å². The summed E-state index contributed by atoms with van der Waals surface area (Å²) in [7, 11) is 4.59. The zero-order valence-corrected chi connectivity index (χ0v) is 14.2. The van der Waals surface area contributed by atoms with E-state index in [-0.39, 0.29) is 12.2 Å². The Bertz CT molecular complexity index is 874. The molecule has 3 rings (SSSR count). The summed E-state index contributed by atoms with van der Waals surface area (Å²) in [5.74, 6) is 1.35. The van der Waals surface area contributed by atoms with Crippen LogP contribution in [0.4, 0.5) is 0 Å². The van der Waals surface area contributed by atoms with Crippen molar-refractivity contribution < 1.29 is 28.2 Å². The summed E-state index contributed by atoms with van der Waals surface area (Å²) in [6.45, 7) is 0. The minimum atomic E-state index is -0.443. The Hall–Kier alpha value is -3.15. The van der Waals surface area contributed by atoms with Gasteiger partial charge in [0.25, 0.3) is 0 Å². The summed E-state index contributed by atoms with van der Waals surface area (Å²) < 4.78 is 26.6. The number of para-hydroxylation sites is 1. The number of furan rings is 1. The second kappa shape index (κ2) is 7.17. The number of esters is 1. The lowest BCUT2D eigenvalue weighted by atomic mass is 10.1. The lowest BCUT2D eigenvalue weighted by Gasteiger charge is -2.12. The van der Waals surface area contributed by atoms with E-state index in [1.807, 2.05) is 12.1 Å². The molecule has 0 atom stereocenters. The van der Waals surface area contributed by atoms with Gasteiger partial charge >= 0.3 is 5.97 Å². The highest BCUT2D eigenvalue weighted by Crippen LogP contribution is 2.37. The number of carbonyl (C=O) groups excluding carboxylic acids is 1. The summed E-state index contributed by atoms with van der Waals surface area (Å²) in [6.07, 6.45) is 1.60. The Balaban J connectivity index is 1.82. The number of fused-ring (bicyclic) bond motifs is 1. The quantitative estimate of drug-likeness (QED) is 0.504. The second-order valence-electron chi connectivity index (χ2n) is 5.27. The van der Waals surface area contributed by atoms with Crippen molar-refractivity contribution in [2.45, 2.75) is 6.42 Å². The van der Waals surface area contributed by atoms with Crippen LogP contribution in [0.2, 0.25) is 0 Å². The summed E-state index contributed by atoms with van der Waals surface area (Å²) in [4.78, 5) is 12.4. The average Bonchev–Trinajstić information content (AvgIpc) is 3.03. The number of rotatable bonds is 6. The van der Waals surface area contributed by atoms with Crippen molar-refractivity contribution in [3.8, 4) is 23.0 Å². The molecule has 0 saturated heterocycles. The topological polar surface area (TPSA) is 67.1 Å². The van der Waals surface area contributed by atoms with Gasteiger partial charge in [-0.3, -0.25) is 4.79 Å². The Labute approximate surface area is 144 Å². The van der Waals surface area contributed by atoms with Gasteiger partial charge in [0.1, 0.15) is 11.3 Å². The highest BCUT2D eigenvalue weighted by Gasteiger charge is 2.18. The molecule has 0 aliphatic carbocycles. The van der Waals surface area contributed by atoms with Gasteiger partial charge in [-0.15, -0.1) is 0 Å². The van der Waals surface area contributed by atoms with Crippen LogP contribution in [0.5, 0.6) is 23.0 Å². The number of carbonyl (C=O) groups is 1. The molecule has 0 aliphatic heterocycles. The zero-order valence-electron chi connectivity index (χ0n) is 14.2. The van der Waals surface area contributed by atoms with E-state index in [1.165, 1.54) is 14.2 Å². The lowest BCUT2D eigenvalue weighted by Crippen LogP contribution is -2.12. The van der Waals surface area contributed by atoms with Gasteiger partial charge in [-0.25, -0.2) is 0 Å². The van der Waals surface area contributed by atoms with Crippen molar-refractivity contribution in [1.82, 2.24) is 0 Å². The Morgan fingerprint density at radius 2 is 1.72 bits per heavy atom. The van der Waals surface area contributed by atoms with Crippen molar-refractivity contribution in [2.24, 2.45) is 0 Å². The first-order valence-electron chi connectivity index (χ1n) is 7.62. The summed E-state index contributed by atoms with van der Waals surface area (Å²) >= 11 is 0. The van der Waals surface area contributed by atoms with Gasteiger partial charge in [0.05, 0.1) is 34.0 Å². The highest BCUT2D eigenvalue weighted by atomic mass is 16.6. The van der Waals surface area contributed by atoms with Crippen molar-refractivity contribution in [3.05, 3.63) is 48.2 Å². The third kappa shape index (κ3) is 3.38. The van der Waals surface area contributed by atoms with E-state index in [0.29, 0.717) is 22.8 Å². The van der Waals surface area contributed by atoms with E-state index >= 15 is 0 Å². The molecule has 6 heteroatoms. The van der Waals surface area contributed by atoms with E-state index in [0.717, 1.165) is 10.9 Å². The smallest absolute Gasteiger partial charge is 0.316 e. The van der Waals surface area contributed by atoms with Crippen LogP contribution in [0.1, 0.15) is 5.56 Å². The lowest BCUT2D eigenvalue weighted by molar-refractivity contribution is -0.133. The monoisotopic (exact) mass is 342 g/mol. The molecule has 25 heavy (non-hydrogen) atoms. The molecule has 0 saturated carbocycles. The Morgan fingerprint density at radius 3 is 2.36 bits per heavy atom. The van der Waals surface area contributed by atoms with Gasteiger partial charge in [-0.2, -0.15) is 0 Å². The van der Waals surface area contributed by atoms with Gasteiger partial charge in [-0.1, -0.05) is 6.07 Å². The molecule has 0 bridgehead atoms. The van der Waals surface area contributed by atoms with E-state index in [9.17, 15) is 4.79 Å². The van der Waals surface area contributed by atoms with Crippen LogP contribution in [-0.2, 0) is 11.2 Å². The van der Waals surface area contributed by atoms with E-state index < -0.39 is 5.97 Å². The van der Waals surface area contributed by atoms with Crippen LogP contribution in [0.15, 0.2) is 47.1 Å². The molecule has 0 spiro atoms. The van der Waals surface area contributed by atoms with Crippen molar-refractivity contribution in [3.63, 3.8) is 0 Å². The van der Waals surface area contributed by atoms with Crippen molar-refractivity contribution >= 4 is 16.9 Å². The second-order valence-corrected chi connectivity index (χ2v) is 5.27. The molecule has 1 heterocycles. The maximum absolute atomic E-state index is 12.4. The van der Waals surface area contributed by atoms with Crippen LogP contribution in [0.3, 0.4) is 0 Å². The fraction of sp³-hybridized carbons (Fsp3) is 0.211. The fourth-order valence-electron chi connectivity index (χ4n) is 2.55. The third-order valence-corrected chi connectivity index (χ3v) is 3.80. The maximum Gasteiger partial charge on any atom is 0.316 e. The Morgan fingerprint density at radius 1 is 1.00 bits per heavy atom. The minimum absolute atomic E-state index is 0.0561. The van der Waals surface area contributed by atoms with Gasteiger partial charge < -0.3 is 23.4 Å². The number of methoxy groups -OCH3 is 3. The van der Waals surface area contributed by atoms with Gasteiger partial charge in [0.15, 0.2) is 11.5 Å². The van der Waals surface area contributed by atoms with Gasteiger partial charge in [-0.05, 0) is 24.3 Å². The summed E-state index contributed by atoms with van der Waals surface area (Å²) in [5.41, 5.74) is 1.38. The number of benzene rings is 2. The molecular weight excluding hydrogens is 324 g/mol. The molecule has 0 aliphatic rings. The predicted molar refractivity (Wildman–Crippen MR) is 91.7 cm³/mol. The fourth-order valence-corrected chi connectivity index (χ4v) is 2.55. The summed E-state index contributed by atoms with van der Waals surface area (Å²) in [6, 6.07) is 10.6. The van der Waals surface area contributed by atoms with E-state index in [1.54, 1.807) is 37.6 Å². The molecule has 2 aromatic carbocycles. The first-order chi connectivity index (χ1) is 12.2. The average molecular weight is 342 g/mol. The number of hydrogen-bond donors (Lipinski definition) is 0. The zero-order chi connectivity index (χ0) is 17.8. The minimum Gasteiger partial charge on any atom is -0.497 e. The largest absolute Gasteiger partial charge is 0.497 e. The predicted octanol–water partition coefficient (Wildman–Crippen LogP) is 3.61. The molecule has 0 fully saturated rings. The van der Waals surface area contributed by atoms with Crippen LogP contribution in [-0.4, -0.2) is 27.3 Å².